The molecule has 0 atom stereocenters. The Morgan fingerprint density at radius 3 is 0.785 bits per heavy atom. The largest absolute Gasteiger partial charge is 0.384 e. The van der Waals surface area contributed by atoms with Gasteiger partial charge in [-0.05, 0) is 354 Å². The highest BCUT2D eigenvalue weighted by atomic mass is 19.4. The molecule has 0 radical (unpaired) electrons. The fourth-order valence-corrected chi connectivity index (χ4v) is 24.4. The molecule has 0 bridgehead atoms. The minimum absolute atomic E-state index is 0.499. The molecule has 8 aromatic carbocycles. The van der Waals surface area contributed by atoms with E-state index in [1.54, 1.807) is 47.0 Å². The van der Waals surface area contributed by atoms with Crippen molar-refractivity contribution >= 4 is 43.6 Å². The Balaban J connectivity index is 0.000000134. The molecule has 6 saturated carbocycles. The first-order chi connectivity index (χ1) is 61.4. The molecule has 4 heterocycles. The molecule has 18 rings (SSSR count). The number of nitrogens with zero attached hydrogens (tertiary/aromatic N) is 4. The van der Waals surface area contributed by atoms with Gasteiger partial charge in [-0.1, -0.05) is 155 Å². The molecule has 688 valence electrons. The topological polar surface area (TPSA) is 15.5 Å². The van der Waals surface area contributed by atoms with Gasteiger partial charge in [0.05, 0.1) is 0 Å². The van der Waals surface area contributed by atoms with Crippen molar-refractivity contribution in [3.05, 3.63) is 259 Å². The molecule has 0 N–H and O–H groups in total. The molecule has 0 saturated heterocycles. The van der Waals surface area contributed by atoms with Gasteiger partial charge in [-0.25, -0.2) is 0 Å². The number of hydrogen-bond acceptors (Lipinski definition) is 0. The van der Waals surface area contributed by atoms with Gasteiger partial charge in [-0.3, -0.25) is 0 Å². The second-order valence-corrected chi connectivity index (χ2v) is 41.7. The van der Waals surface area contributed by atoms with E-state index in [9.17, 15) is 26.3 Å². The van der Waals surface area contributed by atoms with Gasteiger partial charge in [0.1, 0.15) is 33.6 Å². The SMILES string of the molecule is CCC1(CC)CCC(c2cc(-c3cc(C)cc(C)c3C)[n+](C)c3ccccc23)CC1.Cc1cc(C)c(C)c(-c2cc(C3CCC(C)(C)CC3)c3ccccc3[n+]2C)c1.Cc1cc(C)c(C)c(-c2cc(C3CCC4(CC3)C(F)(F)C(F)(F)C(F)(F)C(F)(F)C4(F)F)c3ccccc3[n+]2C)c1.Cc1cc(C)c(C)c(-c2cc(C3CCC4(CCCCC4)CC3)c3ccccc3[n+]2C)c1. The second kappa shape index (κ2) is 36.2. The Bertz CT molecular complexity index is 6230. The average Bonchev–Trinajstić information content (AvgIpc) is 0.655. The molecule has 12 aromatic rings. The third-order valence-corrected chi connectivity index (χ3v) is 33.5. The van der Waals surface area contributed by atoms with E-state index in [1.807, 2.05) is 44.5 Å². The fraction of sp³-hybridized carbons (Fsp3) is 0.483. The van der Waals surface area contributed by atoms with Crippen LogP contribution >= 0.6 is 0 Å². The van der Waals surface area contributed by atoms with Gasteiger partial charge in [0.2, 0.25) is 44.8 Å². The number of rotatable bonds is 10. The molecule has 0 amide bonds. The van der Waals surface area contributed by atoms with Crippen LogP contribution in [0, 0.1) is 105 Å². The summed E-state index contributed by atoms with van der Waals surface area (Å²) in [6, 6.07) is 61.5. The summed E-state index contributed by atoms with van der Waals surface area (Å²) < 4.78 is 154. The molecule has 14 heteroatoms. The molecule has 0 unspecified atom stereocenters. The molecule has 4 nitrogen and oxygen atoms in total. The Labute approximate surface area is 766 Å². The van der Waals surface area contributed by atoms with Crippen LogP contribution in [-0.4, -0.2) is 29.6 Å². The number of aryl methyl sites for hydroxylation is 12. The summed E-state index contributed by atoms with van der Waals surface area (Å²) in [5, 5.41) is 4.98. The van der Waals surface area contributed by atoms with Gasteiger partial charge >= 0.3 is 29.6 Å². The Morgan fingerprint density at radius 1 is 0.277 bits per heavy atom. The highest BCUT2D eigenvalue weighted by molar-refractivity contribution is 5.87. The summed E-state index contributed by atoms with van der Waals surface area (Å²) in [5.41, 5.74) is 32.6. The first-order valence-corrected chi connectivity index (χ1v) is 48.3. The summed E-state index contributed by atoms with van der Waals surface area (Å²) in [4.78, 5) is 0. The lowest BCUT2D eigenvalue weighted by Crippen LogP contribution is -2.82. The summed E-state index contributed by atoms with van der Waals surface area (Å²) in [6.07, 6.45) is 22.1. The third kappa shape index (κ3) is 16.8. The number of benzene rings is 8. The van der Waals surface area contributed by atoms with Crippen LogP contribution in [0.3, 0.4) is 0 Å². The van der Waals surface area contributed by atoms with Crippen molar-refractivity contribution in [3.63, 3.8) is 0 Å². The van der Waals surface area contributed by atoms with Crippen LogP contribution in [0.1, 0.15) is 288 Å². The highest BCUT2D eigenvalue weighted by Crippen LogP contribution is 2.75. The van der Waals surface area contributed by atoms with Crippen LogP contribution in [0.15, 0.2) is 170 Å². The maximum absolute atomic E-state index is 15.1. The number of fused-ring (bicyclic) bond motifs is 4. The Hall–Kier alpha value is -9.30. The van der Waals surface area contributed by atoms with Crippen LogP contribution < -0.4 is 18.3 Å². The van der Waals surface area contributed by atoms with Gasteiger partial charge < -0.3 is 0 Å². The zero-order valence-electron chi connectivity index (χ0n) is 80.8. The van der Waals surface area contributed by atoms with Crippen molar-refractivity contribution in [1.82, 2.24) is 0 Å². The summed E-state index contributed by atoms with van der Waals surface area (Å²) in [5.74, 6) is -31.2. The monoisotopic (exact) mass is 1780 g/mol. The second-order valence-electron chi connectivity index (χ2n) is 41.7. The van der Waals surface area contributed by atoms with Gasteiger partial charge in [-0.2, -0.15) is 62.2 Å². The van der Waals surface area contributed by atoms with Crippen molar-refractivity contribution in [2.24, 2.45) is 49.9 Å². The minimum Gasteiger partial charge on any atom is -0.199 e. The third-order valence-electron chi connectivity index (χ3n) is 33.5. The molecule has 2 spiro atoms. The predicted molar refractivity (Wildman–Crippen MR) is 513 cm³/mol. The number of pyridine rings is 4. The first-order valence-electron chi connectivity index (χ1n) is 48.3. The van der Waals surface area contributed by atoms with E-state index in [4.69, 9.17) is 0 Å². The fourth-order valence-electron chi connectivity index (χ4n) is 24.4. The maximum Gasteiger partial charge on any atom is 0.384 e. The zero-order chi connectivity index (χ0) is 93.7. The van der Waals surface area contributed by atoms with E-state index in [1.165, 1.54) is 239 Å². The zero-order valence-corrected chi connectivity index (χ0v) is 80.8. The summed E-state index contributed by atoms with van der Waals surface area (Å²) >= 11 is 0. The Morgan fingerprint density at radius 2 is 0.515 bits per heavy atom. The normalized spacial score (nSPS) is 19.8. The highest BCUT2D eigenvalue weighted by Gasteiger charge is 2.99. The van der Waals surface area contributed by atoms with Crippen molar-refractivity contribution in [2.75, 3.05) is 0 Å². The predicted octanol–water partition coefficient (Wildman–Crippen LogP) is 31.6. The van der Waals surface area contributed by atoms with Crippen molar-refractivity contribution in [1.29, 1.82) is 0 Å². The van der Waals surface area contributed by atoms with Crippen LogP contribution in [-0.2, 0) is 28.2 Å². The molecular formula is C116H138F10N4+4. The van der Waals surface area contributed by atoms with Crippen molar-refractivity contribution in [3.8, 4) is 45.0 Å². The van der Waals surface area contributed by atoms with E-state index < -0.39 is 66.6 Å². The molecule has 4 aromatic heterocycles. The van der Waals surface area contributed by atoms with E-state index in [2.05, 4.69) is 252 Å². The lowest BCUT2D eigenvalue weighted by molar-refractivity contribution is -0.633. The molecule has 130 heavy (non-hydrogen) atoms. The molecule has 6 aliphatic rings. The quantitative estimate of drug-likeness (QED) is 0.0958. The smallest absolute Gasteiger partial charge is 0.199 e. The number of aromatic nitrogens is 4. The number of halogens is 10. The van der Waals surface area contributed by atoms with Gasteiger partial charge in [-0.15, -0.1) is 0 Å². The number of hydrogen-bond donors (Lipinski definition) is 0. The summed E-state index contributed by atoms with van der Waals surface area (Å²) in [7, 11) is 8.53. The van der Waals surface area contributed by atoms with E-state index in [0.717, 1.165) is 22.3 Å². The molecular weight excluding hydrogens is 1640 g/mol. The molecule has 6 aliphatic carbocycles. The van der Waals surface area contributed by atoms with Crippen molar-refractivity contribution in [2.45, 2.75) is 312 Å². The van der Waals surface area contributed by atoms with Crippen LogP contribution in [0.2, 0.25) is 0 Å². The first kappa shape index (κ1) is 95.3. The summed E-state index contributed by atoms with van der Waals surface area (Å²) in [6.45, 7) is 35.6. The number of alkyl halides is 10. The average molecular weight is 1780 g/mol. The van der Waals surface area contributed by atoms with Crippen LogP contribution in [0.25, 0.3) is 88.6 Å². The van der Waals surface area contributed by atoms with Gasteiger partial charge in [0.25, 0.3) is 0 Å². The lowest BCUT2D eigenvalue weighted by atomic mass is 9.55. The van der Waals surface area contributed by atoms with Crippen LogP contribution in [0.5, 0.6) is 0 Å². The minimum atomic E-state index is -6.95. The standard InChI is InChI=1S/C30H28F10N.C30H38N.C29H38N.C27H34N/c1-16-13-17(2)18(3)21(14-16)24-15-22(20-7-5-6-8-23(20)41(24)4)19-9-11-25(12-10-19)26(31,32)28(35,36)30(39,40)29(37,38)27(25,33)34;1-21-18-22(2)23(3)26(19-21)29-20-27(25-10-6-7-11-28(25)31(29)4)24-12-16-30(17-13-24)14-8-5-9-15-30;1-7-29(8-2)15-13-23(14-16-29)26-19-28(25-18-20(3)17-21(4)22(25)5)30(6)27-12-10-9-11-24(26)27;1-18-15-19(2)20(3)23(16-18)26-17-24(21-11-13-27(4,5)14-12-21)22-9-7-8-10-25(22)28(26)6/h5-8,13-15,19H,9-12H2,1-4H3;6-7,10-11,18-20,24H,5,8-9,12-17H2,1-4H3;9-12,17-19,23H,7-8,13-16H2,1-6H3;7-10,15-17,21H,11-14H2,1-6H3/q4*+1. The maximum atomic E-state index is 15.1. The van der Waals surface area contributed by atoms with Gasteiger partial charge in [0.15, 0.2) is 0 Å². The van der Waals surface area contributed by atoms with E-state index in [0.29, 0.717) is 56.2 Å². The van der Waals surface area contributed by atoms with Crippen LogP contribution in [0.4, 0.5) is 43.9 Å². The van der Waals surface area contributed by atoms with E-state index in [-0.39, 0.29) is 0 Å². The Kier molecular flexibility index (Phi) is 26.6. The molecule has 0 aliphatic heterocycles. The number of para-hydroxylation sites is 4. The van der Waals surface area contributed by atoms with E-state index >= 15 is 17.6 Å². The lowest BCUT2D eigenvalue weighted by Gasteiger charge is -2.58. The molecule has 6 fully saturated rings. The van der Waals surface area contributed by atoms with Crippen molar-refractivity contribution < 1.29 is 62.2 Å². The van der Waals surface area contributed by atoms with Gasteiger partial charge in [0, 0.05) is 92.3 Å².